The molecule has 1 amide bonds. The van der Waals surface area contributed by atoms with Gasteiger partial charge in [-0.3, -0.25) is 4.79 Å². The lowest BCUT2D eigenvalue weighted by molar-refractivity contribution is 0.0938. The highest BCUT2D eigenvalue weighted by Crippen LogP contribution is 2.48. The Morgan fingerprint density at radius 2 is 2.21 bits per heavy atom. The summed E-state index contributed by atoms with van der Waals surface area (Å²) < 4.78 is 5.92. The Hall–Kier alpha value is -1.07. The summed E-state index contributed by atoms with van der Waals surface area (Å²) in [6.07, 6.45) is 3.33. The highest BCUT2D eigenvalue weighted by atomic mass is 79.9. The number of amides is 1. The third-order valence-electron chi connectivity index (χ3n) is 3.60. The fraction of sp³-hybridized carbons (Fsp3) is 0.500. The number of halogens is 1. The van der Waals surface area contributed by atoms with Gasteiger partial charge in [0, 0.05) is 36.0 Å². The second-order valence-corrected chi connectivity index (χ2v) is 6.11. The maximum absolute atomic E-state index is 12.1. The first kappa shape index (κ1) is 14.3. The van der Waals surface area contributed by atoms with Crippen molar-refractivity contribution in [2.24, 2.45) is 5.41 Å². The van der Waals surface area contributed by atoms with Crippen LogP contribution >= 0.6 is 15.9 Å². The summed E-state index contributed by atoms with van der Waals surface area (Å²) in [5.41, 5.74) is 7.16. The zero-order valence-electron chi connectivity index (χ0n) is 11.0. The molecule has 0 aliphatic heterocycles. The van der Waals surface area contributed by atoms with Crippen molar-refractivity contribution in [3.63, 3.8) is 0 Å². The van der Waals surface area contributed by atoms with Crippen LogP contribution in [0.25, 0.3) is 0 Å². The molecule has 1 aliphatic carbocycles. The predicted molar refractivity (Wildman–Crippen MR) is 79.0 cm³/mol. The van der Waals surface area contributed by atoms with Gasteiger partial charge in [0.25, 0.3) is 5.91 Å². The Labute approximate surface area is 121 Å². The van der Waals surface area contributed by atoms with Crippen LogP contribution in [0.15, 0.2) is 22.7 Å². The van der Waals surface area contributed by atoms with Gasteiger partial charge >= 0.3 is 0 Å². The van der Waals surface area contributed by atoms with Crippen LogP contribution in [-0.4, -0.2) is 26.2 Å². The van der Waals surface area contributed by atoms with Crippen molar-refractivity contribution in [2.45, 2.75) is 19.3 Å². The van der Waals surface area contributed by atoms with Gasteiger partial charge in [-0.25, -0.2) is 0 Å². The smallest absolute Gasteiger partial charge is 0.251 e. The summed E-state index contributed by atoms with van der Waals surface area (Å²) in [7, 11) is 1.71. The first-order valence-corrected chi connectivity index (χ1v) is 7.17. The number of rotatable bonds is 6. The Morgan fingerprint density at radius 1 is 1.47 bits per heavy atom. The minimum absolute atomic E-state index is 0.0725. The maximum atomic E-state index is 12.1. The number of hydrogen-bond acceptors (Lipinski definition) is 3. The molecule has 4 nitrogen and oxygen atoms in total. The molecule has 0 bridgehead atoms. The van der Waals surface area contributed by atoms with E-state index in [2.05, 4.69) is 21.2 Å². The Balaban J connectivity index is 1.91. The number of hydrogen-bond donors (Lipinski definition) is 2. The molecule has 5 heteroatoms. The molecule has 0 spiro atoms. The molecule has 19 heavy (non-hydrogen) atoms. The molecule has 1 aliphatic rings. The van der Waals surface area contributed by atoms with Crippen LogP contribution in [0.1, 0.15) is 29.6 Å². The van der Waals surface area contributed by atoms with Crippen LogP contribution in [0.3, 0.4) is 0 Å². The molecule has 2 rings (SSSR count). The van der Waals surface area contributed by atoms with Crippen molar-refractivity contribution < 1.29 is 9.53 Å². The average Bonchev–Trinajstić information content (AvgIpc) is 3.13. The van der Waals surface area contributed by atoms with E-state index in [9.17, 15) is 4.79 Å². The maximum Gasteiger partial charge on any atom is 0.251 e. The summed E-state index contributed by atoms with van der Waals surface area (Å²) in [5.74, 6) is -0.0725. The molecule has 1 aromatic carbocycles. The number of ether oxygens (including phenoxy) is 1. The van der Waals surface area contributed by atoms with Gasteiger partial charge in [-0.05, 0) is 42.9 Å². The van der Waals surface area contributed by atoms with E-state index in [1.807, 2.05) is 0 Å². The quantitative estimate of drug-likeness (QED) is 0.790. The van der Waals surface area contributed by atoms with Crippen LogP contribution in [0.4, 0.5) is 5.69 Å². The molecule has 0 atom stereocenters. The lowest BCUT2D eigenvalue weighted by Gasteiger charge is -2.15. The summed E-state index contributed by atoms with van der Waals surface area (Å²) in [5, 5.41) is 2.99. The van der Waals surface area contributed by atoms with E-state index in [0.29, 0.717) is 17.8 Å². The normalized spacial score (nSPS) is 16.1. The van der Waals surface area contributed by atoms with E-state index in [1.165, 1.54) is 0 Å². The Kier molecular flexibility index (Phi) is 4.47. The van der Waals surface area contributed by atoms with Crippen LogP contribution in [0.5, 0.6) is 0 Å². The molecular weight excluding hydrogens is 308 g/mol. The molecule has 0 unspecified atom stereocenters. The molecule has 1 aromatic rings. The molecule has 0 radical (unpaired) electrons. The molecule has 0 saturated heterocycles. The number of nitrogens with two attached hydrogens (primary N) is 1. The summed E-state index contributed by atoms with van der Waals surface area (Å²) >= 11 is 3.34. The third kappa shape index (κ3) is 3.94. The van der Waals surface area contributed by atoms with Crippen molar-refractivity contribution in [3.8, 4) is 0 Å². The number of nitrogens with one attached hydrogen (secondary N) is 1. The molecule has 0 heterocycles. The molecule has 3 N–H and O–H groups in total. The SMILES string of the molecule is COCCC1(CNC(=O)c2cc(N)cc(Br)c2)CC1. The molecule has 0 aromatic heterocycles. The lowest BCUT2D eigenvalue weighted by Crippen LogP contribution is -2.30. The highest BCUT2D eigenvalue weighted by Gasteiger charge is 2.42. The summed E-state index contributed by atoms with van der Waals surface area (Å²) in [4.78, 5) is 12.1. The van der Waals surface area contributed by atoms with E-state index in [4.69, 9.17) is 10.5 Å². The van der Waals surface area contributed by atoms with Crippen LogP contribution < -0.4 is 11.1 Å². The third-order valence-corrected chi connectivity index (χ3v) is 4.06. The van der Waals surface area contributed by atoms with Gasteiger partial charge in [0.05, 0.1) is 0 Å². The lowest BCUT2D eigenvalue weighted by atomic mass is 10.0. The fourth-order valence-corrected chi connectivity index (χ4v) is 2.63. The highest BCUT2D eigenvalue weighted by molar-refractivity contribution is 9.10. The number of carbonyl (C=O) groups excluding carboxylic acids is 1. The van der Waals surface area contributed by atoms with Crippen LogP contribution in [0, 0.1) is 5.41 Å². The first-order valence-electron chi connectivity index (χ1n) is 6.38. The standard InChI is InChI=1S/C14H19BrN2O2/c1-19-5-4-14(2-3-14)9-17-13(18)10-6-11(15)8-12(16)7-10/h6-8H,2-5,9,16H2,1H3,(H,17,18). The molecular formula is C14H19BrN2O2. The molecule has 104 valence electrons. The van der Waals surface area contributed by atoms with Gasteiger partial charge in [-0.2, -0.15) is 0 Å². The van der Waals surface area contributed by atoms with Crippen molar-refractivity contribution in [1.82, 2.24) is 5.32 Å². The second kappa shape index (κ2) is 5.92. The fourth-order valence-electron chi connectivity index (χ4n) is 2.12. The zero-order valence-corrected chi connectivity index (χ0v) is 12.6. The van der Waals surface area contributed by atoms with E-state index in [0.717, 1.165) is 30.3 Å². The second-order valence-electron chi connectivity index (χ2n) is 5.20. The van der Waals surface area contributed by atoms with Gasteiger partial charge in [0.15, 0.2) is 0 Å². The first-order chi connectivity index (χ1) is 9.04. The van der Waals surface area contributed by atoms with Crippen molar-refractivity contribution in [3.05, 3.63) is 28.2 Å². The van der Waals surface area contributed by atoms with Crippen LogP contribution in [0.2, 0.25) is 0 Å². The minimum Gasteiger partial charge on any atom is -0.399 e. The monoisotopic (exact) mass is 326 g/mol. The number of benzene rings is 1. The van der Waals surface area contributed by atoms with Crippen LogP contribution in [-0.2, 0) is 4.74 Å². The van der Waals surface area contributed by atoms with E-state index in [-0.39, 0.29) is 11.3 Å². The molecule has 1 saturated carbocycles. The van der Waals surface area contributed by atoms with Crippen molar-refractivity contribution >= 4 is 27.5 Å². The van der Waals surface area contributed by atoms with Crippen molar-refractivity contribution in [2.75, 3.05) is 26.0 Å². The van der Waals surface area contributed by atoms with Gasteiger partial charge in [-0.1, -0.05) is 15.9 Å². The summed E-state index contributed by atoms with van der Waals surface area (Å²) in [6.45, 7) is 1.46. The topological polar surface area (TPSA) is 64.3 Å². The van der Waals surface area contributed by atoms with Crippen molar-refractivity contribution in [1.29, 1.82) is 0 Å². The average molecular weight is 327 g/mol. The Morgan fingerprint density at radius 3 is 2.79 bits per heavy atom. The number of methoxy groups -OCH3 is 1. The molecule has 1 fully saturated rings. The minimum atomic E-state index is -0.0725. The van der Waals surface area contributed by atoms with E-state index in [1.54, 1.807) is 25.3 Å². The number of anilines is 1. The van der Waals surface area contributed by atoms with Gasteiger partial charge in [0.2, 0.25) is 0 Å². The Bertz CT molecular complexity index is 452. The van der Waals surface area contributed by atoms with Gasteiger partial charge < -0.3 is 15.8 Å². The van der Waals surface area contributed by atoms with Gasteiger partial charge in [-0.15, -0.1) is 0 Å². The zero-order chi connectivity index (χ0) is 13.9. The van der Waals surface area contributed by atoms with E-state index >= 15 is 0 Å². The predicted octanol–water partition coefficient (Wildman–Crippen LogP) is 2.58. The number of carbonyl (C=O) groups is 1. The largest absolute Gasteiger partial charge is 0.399 e. The number of nitrogen functional groups attached to an aromatic ring is 1. The van der Waals surface area contributed by atoms with E-state index < -0.39 is 0 Å². The van der Waals surface area contributed by atoms with Gasteiger partial charge in [0.1, 0.15) is 0 Å². The summed E-state index contributed by atoms with van der Waals surface area (Å²) in [6, 6.07) is 5.24.